The fourth-order valence-electron chi connectivity index (χ4n) is 2.54. The molecule has 98 valence electrons. The van der Waals surface area contributed by atoms with Gasteiger partial charge in [0.05, 0.1) is 6.54 Å². The number of nitrogens with zero attached hydrogens (tertiary/aromatic N) is 4. The average molecular weight is 254 g/mol. The standard InChI is InChI=1S/C15H18N4/c1-10-11(2)19(14-8-6-5-7-13(10)14)9-15-16-12(3)18(4)17-15/h5-8H,9H2,1-4H3. The molecule has 3 aromatic rings. The summed E-state index contributed by atoms with van der Waals surface area (Å²) in [4.78, 5) is 4.49. The smallest absolute Gasteiger partial charge is 0.170 e. The van der Waals surface area contributed by atoms with Gasteiger partial charge in [-0.25, -0.2) is 4.98 Å². The quantitative estimate of drug-likeness (QED) is 0.705. The molecule has 0 radical (unpaired) electrons. The average Bonchev–Trinajstić information content (AvgIpc) is 2.84. The molecule has 0 N–H and O–H groups in total. The van der Waals surface area contributed by atoms with E-state index in [1.54, 1.807) is 0 Å². The SMILES string of the molecule is Cc1c(C)n(Cc2nc(C)n(C)n2)c2ccccc12. The maximum Gasteiger partial charge on any atom is 0.170 e. The predicted octanol–water partition coefficient (Wildman–Crippen LogP) is 2.74. The molecule has 19 heavy (non-hydrogen) atoms. The number of aryl methyl sites for hydroxylation is 3. The fourth-order valence-corrected chi connectivity index (χ4v) is 2.54. The summed E-state index contributed by atoms with van der Waals surface area (Å²) >= 11 is 0. The number of hydrogen-bond donors (Lipinski definition) is 0. The monoisotopic (exact) mass is 254 g/mol. The van der Waals surface area contributed by atoms with Gasteiger partial charge >= 0.3 is 0 Å². The highest BCUT2D eigenvalue weighted by Crippen LogP contribution is 2.25. The zero-order valence-corrected chi connectivity index (χ0v) is 11.8. The molecule has 0 unspecified atom stereocenters. The summed E-state index contributed by atoms with van der Waals surface area (Å²) in [6.07, 6.45) is 0. The van der Waals surface area contributed by atoms with E-state index in [0.717, 1.165) is 18.2 Å². The Morgan fingerprint density at radius 3 is 2.53 bits per heavy atom. The van der Waals surface area contributed by atoms with Gasteiger partial charge in [-0.05, 0) is 32.4 Å². The van der Waals surface area contributed by atoms with Gasteiger partial charge in [-0.15, -0.1) is 0 Å². The molecule has 0 amide bonds. The lowest BCUT2D eigenvalue weighted by molar-refractivity contribution is 0.695. The molecule has 0 aliphatic rings. The minimum absolute atomic E-state index is 0.724. The second-order valence-electron chi connectivity index (χ2n) is 5.01. The van der Waals surface area contributed by atoms with Crippen molar-refractivity contribution in [3.8, 4) is 0 Å². The second-order valence-corrected chi connectivity index (χ2v) is 5.01. The van der Waals surface area contributed by atoms with Crippen molar-refractivity contribution in [1.82, 2.24) is 19.3 Å². The Balaban J connectivity index is 2.12. The van der Waals surface area contributed by atoms with Crippen LogP contribution in [0.2, 0.25) is 0 Å². The van der Waals surface area contributed by atoms with Gasteiger partial charge in [0.2, 0.25) is 0 Å². The molecule has 0 saturated heterocycles. The molecular formula is C15H18N4. The molecule has 0 spiro atoms. The van der Waals surface area contributed by atoms with Crippen LogP contribution in [0.5, 0.6) is 0 Å². The van der Waals surface area contributed by atoms with Gasteiger partial charge in [0.25, 0.3) is 0 Å². The molecule has 2 heterocycles. The molecule has 4 nitrogen and oxygen atoms in total. The van der Waals surface area contributed by atoms with Crippen molar-refractivity contribution in [3.63, 3.8) is 0 Å². The van der Waals surface area contributed by atoms with E-state index in [1.165, 1.54) is 22.2 Å². The van der Waals surface area contributed by atoms with Gasteiger partial charge in [-0.1, -0.05) is 18.2 Å². The number of fused-ring (bicyclic) bond motifs is 1. The Bertz CT molecular complexity index is 729. The van der Waals surface area contributed by atoms with Crippen molar-refractivity contribution in [2.45, 2.75) is 27.3 Å². The number of aromatic nitrogens is 4. The summed E-state index contributed by atoms with van der Waals surface area (Å²) < 4.78 is 4.11. The Morgan fingerprint density at radius 1 is 1.11 bits per heavy atom. The van der Waals surface area contributed by atoms with Gasteiger partial charge in [0.15, 0.2) is 5.82 Å². The highest BCUT2D eigenvalue weighted by molar-refractivity contribution is 5.85. The molecule has 0 aliphatic carbocycles. The van der Waals surface area contributed by atoms with Crippen LogP contribution in [0.3, 0.4) is 0 Å². The second kappa shape index (κ2) is 4.23. The number of benzene rings is 1. The van der Waals surface area contributed by atoms with Crippen LogP contribution in [0.4, 0.5) is 0 Å². The molecule has 2 aromatic heterocycles. The van der Waals surface area contributed by atoms with E-state index in [2.05, 4.69) is 52.8 Å². The third-order valence-corrected chi connectivity index (χ3v) is 3.87. The van der Waals surface area contributed by atoms with Crippen LogP contribution in [0.1, 0.15) is 22.9 Å². The van der Waals surface area contributed by atoms with Crippen LogP contribution >= 0.6 is 0 Å². The van der Waals surface area contributed by atoms with E-state index < -0.39 is 0 Å². The predicted molar refractivity (Wildman–Crippen MR) is 76.3 cm³/mol. The lowest BCUT2D eigenvalue weighted by atomic mass is 10.2. The summed E-state index contributed by atoms with van der Waals surface area (Å²) in [6.45, 7) is 7.03. The summed E-state index contributed by atoms with van der Waals surface area (Å²) in [7, 11) is 1.93. The van der Waals surface area contributed by atoms with E-state index in [-0.39, 0.29) is 0 Å². The van der Waals surface area contributed by atoms with Crippen molar-refractivity contribution < 1.29 is 0 Å². The normalized spacial score (nSPS) is 11.4. The summed E-state index contributed by atoms with van der Waals surface area (Å²) in [5.41, 5.74) is 3.87. The first-order valence-electron chi connectivity index (χ1n) is 6.49. The third-order valence-electron chi connectivity index (χ3n) is 3.87. The molecule has 0 saturated carbocycles. The van der Waals surface area contributed by atoms with Crippen LogP contribution in [0.25, 0.3) is 10.9 Å². The maximum absolute atomic E-state index is 4.49. The first-order chi connectivity index (χ1) is 9.08. The molecular weight excluding hydrogens is 236 g/mol. The van der Waals surface area contributed by atoms with Crippen LogP contribution in [-0.4, -0.2) is 19.3 Å². The number of hydrogen-bond acceptors (Lipinski definition) is 2. The van der Waals surface area contributed by atoms with Crippen LogP contribution in [-0.2, 0) is 13.6 Å². The zero-order chi connectivity index (χ0) is 13.6. The van der Waals surface area contributed by atoms with Crippen molar-refractivity contribution in [3.05, 3.63) is 47.2 Å². The Morgan fingerprint density at radius 2 is 1.84 bits per heavy atom. The number of rotatable bonds is 2. The van der Waals surface area contributed by atoms with Crippen molar-refractivity contribution in [2.75, 3.05) is 0 Å². The molecule has 0 aliphatic heterocycles. The van der Waals surface area contributed by atoms with Gasteiger partial charge in [-0.2, -0.15) is 5.10 Å². The fraction of sp³-hybridized carbons (Fsp3) is 0.333. The minimum atomic E-state index is 0.724. The molecule has 1 aromatic carbocycles. The van der Waals surface area contributed by atoms with E-state index >= 15 is 0 Å². The first-order valence-corrected chi connectivity index (χ1v) is 6.49. The van der Waals surface area contributed by atoms with E-state index in [4.69, 9.17) is 0 Å². The topological polar surface area (TPSA) is 35.6 Å². The third kappa shape index (κ3) is 1.84. The summed E-state index contributed by atoms with van der Waals surface area (Å²) in [6, 6.07) is 8.49. The van der Waals surface area contributed by atoms with Crippen molar-refractivity contribution in [1.29, 1.82) is 0 Å². The van der Waals surface area contributed by atoms with E-state index in [0.29, 0.717) is 0 Å². The molecule has 0 bridgehead atoms. The summed E-state index contributed by atoms with van der Waals surface area (Å²) in [5, 5.41) is 5.76. The highest BCUT2D eigenvalue weighted by atomic mass is 15.3. The largest absolute Gasteiger partial charge is 0.337 e. The van der Waals surface area contributed by atoms with Crippen LogP contribution in [0, 0.1) is 20.8 Å². The van der Waals surface area contributed by atoms with E-state index in [9.17, 15) is 0 Å². The zero-order valence-electron chi connectivity index (χ0n) is 11.8. The molecule has 0 atom stereocenters. The van der Waals surface area contributed by atoms with Gasteiger partial charge in [0.1, 0.15) is 5.82 Å². The highest BCUT2D eigenvalue weighted by Gasteiger charge is 2.12. The van der Waals surface area contributed by atoms with Gasteiger partial charge < -0.3 is 4.57 Å². The Kier molecular flexibility index (Phi) is 2.66. The van der Waals surface area contributed by atoms with Crippen molar-refractivity contribution in [2.24, 2.45) is 7.05 Å². The molecule has 4 heteroatoms. The first kappa shape index (κ1) is 12.0. The number of para-hydroxylation sites is 1. The van der Waals surface area contributed by atoms with Gasteiger partial charge in [0, 0.05) is 23.6 Å². The van der Waals surface area contributed by atoms with Crippen molar-refractivity contribution >= 4 is 10.9 Å². The lowest BCUT2D eigenvalue weighted by Crippen LogP contribution is -2.04. The Hall–Kier alpha value is -2.10. The maximum atomic E-state index is 4.49. The summed E-state index contributed by atoms with van der Waals surface area (Å²) in [5.74, 6) is 1.81. The van der Waals surface area contributed by atoms with E-state index in [1.807, 2.05) is 18.7 Å². The van der Waals surface area contributed by atoms with Gasteiger partial charge in [-0.3, -0.25) is 4.68 Å². The lowest BCUT2D eigenvalue weighted by Gasteiger charge is -2.05. The molecule has 3 rings (SSSR count). The van der Waals surface area contributed by atoms with Crippen LogP contribution in [0.15, 0.2) is 24.3 Å². The Labute approximate surface area is 112 Å². The molecule has 0 fully saturated rings. The van der Waals surface area contributed by atoms with Crippen LogP contribution < -0.4 is 0 Å². The minimum Gasteiger partial charge on any atom is -0.337 e.